The van der Waals surface area contributed by atoms with E-state index >= 15 is 0 Å². The lowest BCUT2D eigenvalue weighted by Crippen LogP contribution is -2.33. The van der Waals surface area contributed by atoms with Crippen molar-refractivity contribution >= 4 is 17.2 Å². The maximum atomic E-state index is 13.0. The minimum atomic E-state index is -4.37. The number of carbonyl (C=O) groups excluding carboxylic acids is 1. The minimum Gasteiger partial charge on any atom is -0.497 e. The van der Waals surface area contributed by atoms with Gasteiger partial charge in [0.05, 0.1) is 24.8 Å². The molecule has 4 rings (SSSR count). The van der Waals surface area contributed by atoms with E-state index < -0.39 is 11.7 Å². The molecule has 0 radical (unpaired) electrons. The van der Waals surface area contributed by atoms with E-state index in [2.05, 4.69) is 4.98 Å². The highest BCUT2D eigenvalue weighted by molar-refractivity contribution is 7.13. The second-order valence-corrected chi connectivity index (χ2v) is 8.35. The number of ether oxygens (including phenoxy) is 1. The summed E-state index contributed by atoms with van der Waals surface area (Å²) in [5.41, 5.74) is 1.57. The summed E-state index contributed by atoms with van der Waals surface area (Å²) in [6, 6.07) is 12.8. The van der Waals surface area contributed by atoms with Gasteiger partial charge in [0.2, 0.25) is 5.91 Å². The van der Waals surface area contributed by atoms with Gasteiger partial charge in [0.15, 0.2) is 0 Å². The van der Waals surface area contributed by atoms with Gasteiger partial charge in [-0.2, -0.15) is 13.2 Å². The number of hydrogen-bond acceptors (Lipinski definition) is 4. The molecule has 0 atom stereocenters. The monoisotopic (exact) mass is 446 g/mol. The summed E-state index contributed by atoms with van der Waals surface area (Å²) in [5, 5.41) is 2.40. The molecule has 0 spiro atoms. The molecule has 3 aromatic rings. The quantitative estimate of drug-likeness (QED) is 0.476. The number of alkyl halides is 3. The molecule has 0 aliphatic heterocycles. The summed E-state index contributed by atoms with van der Waals surface area (Å²) in [6.45, 7) is 0.531. The zero-order valence-electron chi connectivity index (χ0n) is 16.9. The van der Waals surface area contributed by atoms with E-state index in [1.807, 2.05) is 29.2 Å². The lowest BCUT2D eigenvalue weighted by atomic mass is 10.1. The predicted molar refractivity (Wildman–Crippen MR) is 113 cm³/mol. The van der Waals surface area contributed by atoms with Crippen molar-refractivity contribution in [1.82, 2.24) is 9.88 Å². The van der Waals surface area contributed by atoms with E-state index in [-0.39, 0.29) is 18.4 Å². The van der Waals surface area contributed by atoms with Gasteiger partial charge in [-0.25, -0.2) is 4.98 Å². The number of benzene rings is 2. The van der Waals surface area contributed by atoms with E-state index in [1.54, 1.807) is 12.5 Å². The van der Waals surface area contributed by atoms with Gasteiger partial charge in [0.1, 0.15) is 10.8 Å². The number of aromatic nitrogens is 1. The van der Waals surface area contributed by atoms with Gasteiger partial charge in [-0.3, -0.25) is 4.79 Å². The molecule has 1 saturated carbocycles. The van der Waals surface area contributed by atoms with Crippen LogP contribution in [-0.2, 0) is 23.9 Å². The Kier molecular flexibility index (Phi) is 6.00. The predicted octanol–water partition coefficient (Wildman–Crippen LogP) is 5.57. The molecule has 1 fully saturated rings. The summed E-state index contributed by atoms with van der Waals surface area (Å²) in [4.78, 5) is 19.3. The van der Waals surface area contributed by atoms with Gasteiger partial charge in [0, 0.05) is 23.5 Å². The van der Waals surface area contributed by atoms with Crippen LogP contribution in [0.5, 0.6) is 5.75 Å². The zero-order valence-corrected chi connectivity index (χ0v) is 17.7. The van der Waals surface area contributed by atoms with Crippen LogP contribution in [0.25, 0.3) is 10.6 Å². The lowest BCUT2D eigenvalue weighted by molar-refractivity contribution is -0.137. The summed E-state index contributed by atoms with van der Waals surface area (Å²) < 4.78 is 43.4. The Hall–Kier alpha value is -2.87. The average molecular weight is 446 g/mol. The molecule has 8 heteroatoms. The molecule has 4 nitrogen and oxygen atoms in total. The Balaban J connectivity index is 1.43. The van der Waals surface area contributed by atoms with Crippen molar-refractivity contribution in [1.29, 1.82) is 0 Å². The number of nitrogens with zero attached hydrogens (tertiary/aromatic N) is 2. The van der Waals surface area contributed by atoms with E-state index in [1.165, 1.54) is 23.5 Å². The van der Waals surface area contributed by atoms with Crippen molar-refractivity contribution < 1.29 is 22.7 Å². The van der Waals surface area contributed by atoms with Crippen LogP contribution >= 0.6 is 11.3 Å². The van der Waals surface area contributed by atoms with Gasteiger partial charge >= 0.3 is 6.18 Å². The zero-order chi connectivity index (χ0) is 22.0. The number of rotatable bonds is 7. The van der Waals surface area contributed by atoms with Crippen LogP contribution in [0.15, 0.2) is 53.9 Å². The molecule has 162 valence electrons. The Morgan fingerprint density at radius 3 is 2.39 bits per heavy atom. The highest BCUT2D eigenvalue weighted by Crippen LogP contribution is 2.32. The summed E-state index contributed by atoms with van der Waals surface area (Å²) in [7, 11) is 1.61. The van der Waals surface area contributed by atoms with E-state index in [9.17, 15) is 18.0 Å². The molecule has 0 saturated heterocycles. The smallest absolute Gasteiger partial charge is 0.416 e. The Labute approximate surface area is 182 Å². The maximum absolute atomic E-state index is 13.0. The van der Waals surface area contributed by atoms with Crippen molar-refractivity contribution in [3.8, 4) is 16.3 Å². The van der Waals surface area contributed by atoms with Crippen LogP contribution in [0.4, 0.5) is 13.2 Å². The molecule has 31 heavy (non-hydrogen) atoms. The molecule has 0 unspecified atom stereocenters. The lowest BCUT2D eigenvalue weighted by Gasteiger charge is -2.22. The van der Waals surface area contributed by atoms with E-state index in [0.717, 1.165) is 36.3 Å². The fraction of sp³-hybridized carbons (Fsp3) is 0.304. The van der Waals surface area contributed by atoms with Crippen molar-refractivity contribution in [3.05, 3.63) is 70.7 Å². The molecule has 1 aliphatic carbocycles. The van der Waals surface area contributed by atoms with Crippen molar-refractivity contribution in [2.45, 2.75) is 38.0 Å². The molecule has 1 aliphatic rings. The molecule has 0 N–H and O–H groups in total. The van der Waals surface area contributed by atoms with Gasteiger partial charge in [0.25, 0.3) is 0 Å². The van der Waals surface area contributed by atoms with Gasteiger partial charge in [-0.1, -0.05) is 24.3 Å². The number of methoxy groups -OCH3 is 1. The third-order valence-corrected chi connectivity index (χ3v) is 6.10. The largest absolute Gasteiger partial charge is 0.497 e. The maximum Gasteiger partial charge on any atom is 0.416 e. The van der Waals surface area contributed by atoms with Crippen LogP contribution < -0.4 is 4.74 Å². The summed E-state index contributed by atoms with van der Waals surface area (Å²) in [5.74, 6) is 0.772. The van der Waals surface area contributed by atoms with Crippen LogP contribution in [0.3, 0.4) is 0 Å². The highest BCUT2D eigenvalue weighted by atomic mass is 32.1. The van der Waals surface area contributed by atoms with Crippen molar-refractivity contribution in [3.63, 3.8) is 0 Å². The van der Waals surface area contributed by atoms with Gasteiger partial charge in [-0.15, -0.1) is 11.3 Å². The number of halogens is 3. The first-order chi connectivity index (χ1) is 14.8. The van der Waals surface area contributed by atoms with Crippen molar-refractivity contribution in [2.75, 3.05) is 7.11 Å². The molecule has 1 heterocycles. The van der Waals surface area contributed by atoms with Crippen LogP contribution in [0.2, 0.25) is 0 Å². The van der Waals surface area contributed by atoms with Gasteiger partial charge < -0.3 is 9.64 Å². The topological polar surface area (TPSA) is 42.4 Å². The molecule has 1 aromatic heterocycles. The first-order valence-electron chi connectivity index (χ1n) is 9.88. The average Bonchev–Trinajstić information content (AvgIpc) is 3.50. The fourth-order valence-corrected chi connectivity index (χ4v) is 4.14. The first-order valence-corrected chi connectivity index (χ1v) is 10.8. The van der Waals surface area contributed by atoms with Crippen LogP contribution in [0, 0.1) is 0 Å². The molecule has 1 amide bonds. The van der Waals surface area contributed by atoms with Crippen LogP contribution in [-0.4, -0.2) is 28.9 Å². The van der Waals surface area contributed by atoms with E-state index in [4.69, 9.17) is 4.74 Å². The Morgan fingerprint density at radius 1 is 1.13 bits per heavy atom. The Morgan fingerprint density at radius 2 is 1.81 bits per heavy atom. The number of amides is 1. The molecular formula is C23H21F3N2O2S. The normalized spacial score (nSPS) is 13.8. The van der Waals surface area contributed by atoms with Crippen LogP contribution in [0.1, 0.15) is 29.7 Å². The third-order valence-electron chi connectivity index (χ3n) is 5.16. The SMILES string of the molecule is COc1ccc(CN(C(=O)Cc2csc(-c3ccc(C(F)(F)F)cc3)n2)C2CC2)cc1. The molecule has 0 bridgehead atoms. The number of hydrogen-bond donors (Lipinski definition) is 0. The molecular weight excluding hydrogens is 425 g/mol. The van der Waals surface area contributed by atoms with E-state index in [0.29, 0.717) is 22.8 Å². The number of carbonyl (C=O) groups is 1. The Bertz CT molecular complexity index is 1040. The summed E-state index contributed by atoms with van der Waals surface area (Å²) in [6.07, 6.45) is -2.20. The molecule has 2 aromatic carbocycles. The highest BCUT2D eigenvalue weighted by Gasteiger charge is 2.33. The first kappa shape index (κ1) is 21.4. The standard InChI is InChI=1S/C23H21F3N2O2S/c1-30-20-10-2-15(3-11-20)13-28(19-8-9-19)21(29)12-18-14-31-22(27-18)16-4-6-17(7-5-16)23(24,25)26/h2-7,10-11,14,19H,8-9,12-13H2,1H3. The second-order valence-electron chi connectivity index (χ2n) is 7.50. The summed E-state index contributed by atoms with van der Waals surface area (Å²) >= 11 is 1.32. The van der Waals surface area contributed by atoms with Gasteiger partial charge in [-0.05, 0) is 42.7 Å². The van der Waals surface area contributed by atoms with Crippen molar-refractivity contribution in [2.24, 2.45) is 0 Å². The third kappa shape index (κ3) is 5.25. The number of thiazole rings is 1. The fourth-order valence-electron chi connectivity index (χ4n) is 3.31. The second kappa shape index (κ2) is 8.70. The minimum absolute atomic E-state index is 0.00240.